The highest BCUT2D eigenvalue weighted by molar-refractivity contribution is 6.30. The van der Waals surface area contributed by atoms with Gasteiger partial charge in [0.2, 0.25) is 0 Å². The molecule has 0 saturated carbocycles. The summed E-state index contributed by atoms with van der Waals surface area (Å²) in [6, 6.07) is 5.37. The van der Waals surface area contributed by atoms with Crippen molar-refractivity contribution in [2.24, 2.45) is 5.41 Å². The molecule has 2 heterocycles. The van der Waals surface area contributed by atoms with Crippen LogP contribution in [0.3, 0.4) is 0 Å². The number of benzene rings is 1. The van der Waals surface area contributed by atoms with E-state index in [0.717, 1.165) is 11.3 Å². The molecule has 0 aliphatic carbocycles. The molecule has 0 radical (unpaired) electrons. The molecule has 2 aliphatic rings. The predicted octanol–water partition coefficient (Wildman–Crippen LogP) is 3.80. The van der Waals surface area contributed by atoms with E-state index in [1.54, 1.807) is 6.07 Å². The van der Waals surface area contributed by atoms with Gasteiger partial charge in [-0.15, -0.1) is 0 Å². The summed E-state index contributed by atoms with van der Waals surface area (Å²) in [4.78, 5) is 27.0. The first-order valence-corrected chi connectivity index (χ1v) is 10.1. The summed E-state index contributed by atoms with van der Waals surface area (Å²) in [6.07, 6.45) is 0.269. The van der Waals surface area contributed by atoms with E-state index in [1.807, 2.05) is 37.8 Å². The topological polar surface area (TPSA) is 67.9 Å². The minimum Gasteiger partial charge on any atom is -0.480 e. The number of hydrogen-bond donors (Lipinski definition) is 1. The van der Waals surface area contributed by atoms with Gasteiger partial charge in [0.1, 0.15) is 11.4 Å². The molecule has 2 aliphatic heterocycles. The number of halogens is 1. The fourth-order valence-corrected chi connectivity index (χ4v) is 4.02. The van der Waals surface area contributed by atoms with Crippen LogP contribution in [0.2, 0.25) is 5.02 Å². The Morgan fingerprint density at radius 3 is 2.68 bits per heavy atom. The van der Waals surface area contributed by atoms with Crippen LogP contribution < -0.4 is 10.1 Å². The van der Waals surface area contributed by atoms with Crippen molar-refractivity contribution in [3.05, 3.63) is 28.8 Å². The monoisotopic (exact) mass is 408 g/mol. The van der Waals surface area contributed by atoms with Crippen LogP contribution in [0.25, 0.3) is 0 Å². The van der Waals surface area contributed by atoms with Gasteiger partial charge in [-0.05, 0) is 51.0 Å². The third kappa shape index (κ3) is 4.72. The second-order valence-corrected chi connectivity index (χ2v) is 9.73. The zero-order valence-corrected chi connectivity index (χ0v) is 17.9. The lowest BCUT2D eigenvalue weighted by Gasteiger charge is -2.44. The molecule has 1 aromatic carbocycles. The van der Waals surface area contributed by atoms with Gasteiger partial charge in [0.25, 0.3) is 5.91 Å². The quantitative estimate of drug-likeness (QED) is 0.808. The third-order valence-corrected chi connectivity index (χ3v) is 5.44. The summed E-state index contributed by atoms with van der Waals surface area (Å²) in [7, 11) is 0. The molecule has 1 saturated heterocycles. The molecule has 2 atom stereocenters. The Balaban J connectivity index is 1.60. The Kier molecular flexibility index (Phi) is 5.54. The van der Waals surface area contributed by atoms with Crippen molar-refractivity contribution in [1.29, 1.82) is 0 Å². The zero-order chi connectivity index (χ0) is 20.7. The first-order valence-electron chi connectivity index (χ1n) is 9.68. The Morgan fingerprint density at radius 2 is 2.04 bits per heavy atom. The lowest BCUT2D eigenvalue weighted by atomic mass is 9.79. The highest BCUT2D eigenvalue weighted by Gasteiger charge is 2.42. The number of carbonyl (C=O) groups excluding carboxylic acids is 2. The number of carbonyl (C=O) groups is 2. The lowest BCUT2D eigenvalue weighted by Crippen LogP contribution is -2.58. The highest BCUT2D eigenvalue weighted by Crippen LogP contribution is 2.34. The summed E-state index contributed by atoms with van der Waals surface area (Å²) >= 11 is 6.04. The molecular weight excluding hydrogens is 380 g/mol. The van der Waals surface area contributed by atoms with Gasteiger partial charge in [-0.2, -0.15) is 0 Å². The molecule has 0 unspecified atom stereocenters. The van der Waals surface area contributed by atoms with E-state index in [1.165, 1.54) is 0 Å². The van der Waals surface area contributed by atoms with Gasteiger partial charge in [0.05, 0.1) is 0 Å². The Hall–Kier alpha value is -1.95. The maximum atomic E-state index is 13.0. The average Bonchev–Trinajstić information content (AvgIpc) is 2.97. The van der Waals surface area contributed by atoms with Crippen molar-refractivity contribution in [2.75, 3.05) is 13.1 Å². The van der Waals surface area contributed by atoms with Gasteiger partial charge in [0, 0.05) is 36.0 Å². The predicted molar refractivity (Wildman–Crippen MR) is 108 cm³/mol. The fraction of sp³-hybridized carbons (Fsp3) is 0.619. The number of amides is 2. The number of piperidine rings is 1. The van der Waals surface area contributed by atoms with Gasteiger partial charge < -0.3 is 19.7 Å². The van der Waals surface area contributed by atoms with Gasteiger partial charge in [0.15, 0.2) is 6.10 Å². The van der Waals surface area contributed by atoms with Crippen LogP contribution in [-0.4, -0.2) is 47.7 Å². The molecular formula is C21H29ClN2O4. The van der Waals surface area contributed by atoms with Gasteiger partial charge >= 0.3 is 6.09 Å². The Bertz CT molecular complexity index is 772. The number of nitrogens with zero attached hydrogens (tertiary/aromatic N) is 1. The van der Waals surface area contributed by atoms with Crippen LogP contribution in [-0.2, 0) is 16.0 Å². The van der Waals surface area contributed by atoms with Crippen molar-refractivity contribution < 1.29 is 19.1 Å². The van der Waals surface area contributed by atoms with E-state index in [-0.39, 0.29) is 17.4 Å². The number of fused-ring (bicyclic) bond motifs is 1. The molecule has 0 bridgehead atoms. The van der Waals surface area contributed by atoms with Crippen molar-refractivity contribution in [3.8, 4) is 5.75 Å². The standard InChI is InChI=1S/C21H29ClN2O4/c1-20(2,3)28-19(26)23-17-8-9-24(12-21(17,4)5)18(25)16-11-13-10-14(22)6-7-15(13)27-16/h6-7,10,16-17H,8-9,11-12H2,1-5H3,(H,23,26)/t16-,17-/m1/s1. The maximum Gasteiger partial charge on any atom is 0.407 e. The SMILES string of the molecule is CC(C)(C)OC(=O)N[C@@H]1CCN(C(=O)[C@H]2Cc3cc(Cl)ccc3O2)CC1(C)C. The number of hydrogen-bond acceptors (Lipinski definition) is 4. The molecule has 7 heteroatoms. The van der Waals surface area contributed by atoms with Crippen LogP contribution >= 0.6 is 11.6 Å². The Labute approximate surface area is 171 Å². The zero-order valence-electron chi connectivity index (χ0n) is 17.2. The number of alkyl carbamates (subject to hydrolysis) is 1. The van der Waals surface area contributed by atoms with Gasteiger partial charge in [-0.3, -0.25) is 4.79 Å². The van der Waals surface area contributed by atoms with Crippen LogP contribution in [0, 0.1) is 5.41 Å². The molecule has 0 spiro atoms. The van der Waals surface area contributed by atoms with E-state index in [2.05, 4.69) is 19.2 Å². The molecule has 2 amide bonds. The molecule has 6 nitrogen and oxygen atoms in total. The highest BCUT2D eigenvalue weighted by atomic mass is 35.5. The number of rotatable bonds is 2. The molecule has 1 N–H and O–H groups in total. The molecule has 0 aromatic heterocycles. The van der Waals surface area contributed by atoms with Crippen molar-refractivity contribution in [1.82, 2.24) is 10.2 Å². The van der Waals surface area contributed by atoms with Crippen molar-refractivity contribution >= 4 is 23.6 Å². The van der Waals surface area contributed by atoms with Crippen molar-refractivity contribution in [3.63, 3.8) is 0 Å². The fourth-order valence-electron chi connectivity index (χ4n) is 3.82. The van der Waals surface area contributed by atoms with Crippen LogP contribution in [0.15, 0.2) is 18.2 Å². The minimum absolute atomic E-state index is 0.0175. The van der Waals surface area contributed by atoms with E-state index < -0.39 is 17.8 Å². The van der Waals surface area contributed by atoms with E-state index in [4.69, 9.17) is 21.1 Å². The summed E-state index contributed by atoms with van der Waals surface area (Å²) < 4.78 is 11.2. The van der Waals surface area contributed by atoms with Crippen LogP contribution in [0.4, 0.5) is 4.79 Å². The molecule has 3 rings (SSSR count). The Morgan fingerprint density at radius 1 is 1.32 bits per heavy atom. The van der Waals surface area contributed by atoms with E-state index in [0.29, 0.717) is 31.0 Å². The summed E-state index contributed by atoms with van der Waals surface area (Å²) in [6.45, 7) is 10.7. The molecule has 28 heavy (non-hydrogen) atoms. The third-order valence-electron chi connectivity index (χ3n) is 5.20. The minimum atomic E-state index is -0.539. The normalized spacial score (nSPS) is 23.6. The molecule has 1 fully saturated rings. The summed E-state index contributed by atoms with van der Waals surface area (Å²) in [5.41, 5.74) is 0.147. The summed E-state index contributed by atoms with van der Waals surface area (Å²) in [5, 5.41) is 3.61. The van der Waals surface area contributed by atoms with E-state index >= 15 is 0 Å². The number of nitrogens with one attached hydrogen (secondary N) is 1. The van der Waals surface area contributed by atoms with Crippen LogP contribution in [0.1, 0.15) is 46.6 Å². The number of ether oxygens (including phenoxy) is 2. The first kappa shape index (κ1) is 20.8. The molecule has 154 valence electrons. The smallest absolute Gasteiger partial charge is 0.407 e. The lowest BCUT2D eigenvalue weighted by molar-refractivity contribution is -0.141. The second kappa shape index (κ2) is 7.47. The largest absolute Gasteiger partial charge is 0.480 e. The van der Waals surface area contributed by atoms with Crippen LogP contribution in [0.5, 0.6) is 5.75 Å². The number of likely N-dealkylation sites (tertiary alicyclic amines) is 1. The second-order valence-electron chi connectivity index (χ2n) is 9.30. The summed E-state index contributed by atoms with van der Waals surface area (Å²) in [5.74, 6) is 0.708. The maximum absolute atomic E-state index is 13.0. The average molecular weight is 409 g/mol. The first-order chi connectivity index (χ1) is 12.9. The van der Waals surface area contributed by atoms with Crippen molar-refractivity contribution in [2.45, 2.75) is 65.2 Å². The van der Waals surface area contributed by atoms with E-state index in [9.17, 15) is 9.59 Å². The van der Waals surface area contributed by atoms with Gasteiger partial charge in [-0.1, -0.05) is 25.4 Å². The van der Waals surface area contributed by atoms with Gasteiger partial charge in [-0.25, -0.2) is 4.79 Å². The molecule has 1 aromatic rings.